The minimum Gasteiger partial charge on any atom is -0.472 e. The predicted molar refractivity (Wildman–Crippen MR) is 68.2 cm³/mol. The lowest BCUT2D eigenvalue weighted by atomic mass is 9.89. The highest BCUT2D eigenvalue weighted by Gasteiger charge is 2.27. The van der Waals surface area contributed by atoms with E-state index >= 15 is 0 Å². The van der Waals surface area contributed by atoms with Crippen molar-refractivity contribution in [3.63, 3.8) is 0 Å². The fraction of sp³-hybridized carbons (Fsp3) is 0.500. The van der Waals surface area contributed by atoms with Gasteiger partial charge in [-0.25, -0.2) is 0 Å². The van der Waals surface area contributed by atoms with E-state index in [-0.39, 0.29) is 11.5 Å². The van der Waals surface area contributed by atoms with Crippen molar-refractivity contribution in [3.8, 4) is 0 Å². The zero-order valence-electron chi connectivity index (χ0n) is 10.5. The highest BCUT2D eigenvalue weighted by molar-refractivity contribution is 7.05. The van der Waals surface area contributed by atoms with Crippen LogP contribution >= 0.6 is 11.5 Å². The second kappa shape index (κ2) is 4.58. The molecule has 0 aliphatic rings. The summed E-state index contributed by atoms with van der Waals surface area (Å²) in [5, 5.41) is 7.55. The van der Waals surface area contributed by atoms with Gasteiger partial charge in [0.05, 0.1) is 29.1 Å². The molecular formula is C12H17N3OS. The molecule has 2 aromatic heterocycles. The molecule has 0 aliphatic carbocycles. The maximum absolute atomic E-state index is 5.14. The average molecular weight is 251 g/mol. The van der Waals surface area contributed by atoms with Gasteiger partial charge in [-0.05, 0) is 24.6 Å². The van der Waals surface area contributed by atoms with Crippen molar-refractivity contribution in [1.29, 1.82) is 0 Å². The molecule has 17 heavy (non-hydrogen) atoms. The monoisotopic (exact) mass is 251 g/mol. The van der Waals surface area contributed by atoms with Gasteiger partial charge in [0.15, 0.2) is 0 Å². The first kappa shape index (κ1) is 12.3. The van der Waals surface area contributed by atoms with Crippen LogP contribution in [-0.4, -0.2) is 16.6 Å². The van der Waals surface area contributed by atoms with E-state index in [1.165, 1.54) is 11.5 Å². The molecule has 0 amide bonds. The van der Waals surface area contributed by atoms with Crippen LogP contribution in [0.3, 0.4) is 0 Å². The van der Waals surface area contributed by atoms with E-state index in [4.69, 9.17) is 4.42 Å². The molecule has 2 aromatic rings. The van der Waals surface area contributed by atoms with Gasteiger partial charge >= 0.3 is 0 Å². The van der Waals surface area contributed by atoms with Crippen molar-refractivity contribution in [1.82, 2.24) is 14.9 Å². The summed E-state index contributed by atoms with van der Waals surface area (Å²) >= 11 is 1.44. The zero-order chi connectivity index (χ0) is 12.5. The molecule has 1 N–H and O–H groups in total. The van der Waals surface area contributed by atoms with Crippen LogP contribution < -0.4 is 5.32 Å². The first-order chi connectivity index (χ1) is 8.04. The summed E-state index contributed by atoms with van der Waals surface area (Å²) < 4.78 is 9.23. The average Bonchev–Trinajstić information content (AvgIpc) is 2.87. The zero-order valence-corrected chi connectivity index (χ0v) is 11.3. The van der Waals surface area contributed by atoms with Crippen molar-refractivity contribution in [3.05, 3.63) is 34.7 Å². The highest BCUT2D eigenvalue weighted by Crippen LogP contribution is 2.33. The van der Waals surface area contributed by atoms with Gasteiger partial charge in [-0.1, -0.05) is 25.3 Å². The molecule has 0 saturated heterocycles. The van der Waals surface area contributed by atoms with Crippen molar-refractivity contribution in [2.75, 3.05) is 7.05 Å². The topological polar surface area (TPSA) is 51.0 Å². The van der Waals surface area contributed by atoms with Gasteiger partial charge in [0, 0.05) is 11.0 Å². The summed E-state index contributed by atoms with van der Waals surface area (Å²) in [5.74, 6) is 0. The first-order valence-corrected chi connectivity index (χ1v) is 6.33. The quantitative estimate of drug-likeness (QED) is 0.911. The van der Waals surface area contributed by atoms with Crippen LogP contribution in [-0.2, 0) is 5.41 Å². The van der Waals surface area contributed by atoms with Crippen LogP contribution in [0.25, 0.3) is 0 Å². The number of aromatic nitrogens is 2. The molecule has 0 radical (unpaired) electrons. The number of nitrogens with zero attached hydrogens (tertiary/aromatic N) is 2. The molecule has 0 fully saturated rings. The van der Waals surface area contributed by atoms with Gasteiger partial charge in [-0.3, -0.25) is 0 Å². The molecule has 92 valence electrons. The lowest BCUT2D eigenvalue weighted by Gasteiger charge is -2.20. The second-order valence-corrected chi connectivity index (χ2v) is 5.80. The number of furan rings is 1. The van der Waals surface area contributed by atoms with Crippen molar-refractivity contribution < 1.29 is 4.42 Å². The smallest absolute Gasteiger partial charge is 0.0954 e. The maximum atomic E-state index is 5.14. The van der Waals surface area contributed by atoms with Crippen molar-refractivity contribution >= 4 is 11.5 Å². The van der Waals surface area contributed by atoms with Gasteiger partial charge in [-0.2, -0.15) is 0 Å². The number of hydrogen-bond acceptors (Lipinski definition) is 5. The third-order valence-electron chi connectivity index (χ3n) is 2.65. The van der Waals surface area contributed by atoms with Gasteiger partial charge in [0.1, 0.15) is 0 Å². The van der Waals surface area contributed by atoms with E-state index in [0.717, 1.165) is 16.1 Å². The van der Waals surface area contributed by atoms with E-state index in [1.807, 2.05) is 13.1 Å². The van der Waals surface area contributed by atoms with Gasteiger partial charge in [0.2, 0.25) is 0 Å². The number of rotatable bonds is 3. The van der Waals surface area contributed by atoms with E-state index < -0.39 is 0 Å². The summed E-state index contributed by atoms with van der Waals surface area (Å²) in [6, 6.07) is 2.07. The van der Waals surface area contributed by atoms with E-state index in [2.05, 4.69) is 35.7 Å². The molecular weight excluding hydrogens is 234 g/mol. The van der Waals surface area contributed by atoms with Crippen molar-refractivity contribution in [2.45, 2.75) is 32.2 Å². The third-order valence-corrected chi connectivity index (χ3v) is 3.44. The van der Waals surface area contributed by atoms with Gasteiger partial charge < -0.3 is 9.73 Å². The molecule has 4 nitrogen and oxygen atoms in total. The summed E-state index contributed by atoms with van der Waals surface area (Å²) in [6.45, 7) is 6.44. The van der Waals surface area contributed by atoms with Crippen LogP contribution in [0.4, 0.5) is 0 Å². The lowest BCUT2D eigenvalue weighted by Crippen LogP contribution is -2.22. The first-order valence-electron chi connectivity index (χ1n) is 5.56. The highest BCUT2D eigenvalue weighted by atomic mass is 32.1. The van der Waals surface area contributed by atoms with Crippen LogP contribution in [0.1, 0.15) is 42.9 Å². The van der Waals surface area contributed by atoms with E-state index in [1.54, 1.807) is 12.5 Å². The normalized spacial score (nSPS) is 13.9. The molecule has 5 heteroatoms. The molecule has 1 unspecified atom stereocenters. The molecule has 0 aromatic carbocycles. The minimum absolute atomic E-state index is 0.00116. The Balaban J connectivity index is 2.42. The van der Waals surface area contributed by atoms with Gasteiger partial charge in [-0.15, -0.1) is 5.10 Å². The SMILES string of the molecule is CNC(c1ccoc1)c1snnc1C(C)(C)C. The second-order valence-electron chi connectivity index (χ2n) is 5.01. The summed E-state index contributed by atoms with van der Waals surface area (Å²) in [5.41, 5.74) is 2.15. The fourth-order valence-corrected chi connectivity index (χ4v) is 2.80. The Bertz CT molecular complexity index is 470. The molecule has 0 saturated carbocycles. The lowest BCUT2D eigenvalue weighted by molar-refractivity contribution is 0.541. The Morgan fingerprint density at radius 2 is 2.18 bits per heavy atom. The molecule has 0 bridgehead atoms. The summed E-state index contributed by atoms with van der Waals surface area (Å²) in [6.07, 6.45) is 3.44. The third kappa shape index (κ3) is 2.40. The minimum atomic E-state index is 0.00116. The number of nitrogens with one attached hydrogen (secondary N) is 1. The predicted octanol–water partition coefficient (Wildman–Crippen LogP) is 2.74. The summed E-state index contributed by atoms with van der Waals surface area (Å²) in [7, 11) is 1.93. The Hall–Kier alpha value is -1.20. The van der Waals surface area contributed by atoms with Crippen LogP contribution in [0.15, 0.2) is 23.0 Å². The van der Waals surface area contributed by atoms with Crippen LogP contribution in [0.2, 0.25) is 0 Å². The Labute approximate surface area is 105 Å². The van der Waals surface area contributed by atoms with E-state index in [9.17, 15) is 0 Å². The molecule has 2 heterocycles. The van der Waals surface area contributed by atoms with Crippen LogP contribution in [0.5, 0.6) is 0 Å². The molecule has 1 atom stereocenters. The number of hydrogen-bond donors (Lipinski definition) is 1. The molecule has 0 aliphatic heterocycles. The largest absolute Gasteiger partial charge is 0.472 e. The summed E-state index contributed by atoms with van der Waals surface area (Å²) in [4.78, 5) is 1.15. The standard InChI is InChI=1S/C12H17N3OS/c1-12(2,3)11-10(17-15-14-11)9(13-4)8-5-6-16-7-8/h5-7,9,13H,1-4H3. The Kier molecular flexibility index (Phi) is 3.31. The van der Waals surface area contributed by atoms with Crippen LogP contribution in [0, 0.1) is 0 Å². The Morgan fingerprint density at radius 3 is 2.71 bits per heavy atom. The van der Waals surface area contributed by atoms with E-state index in [0.29, 0.717) is 0 Å². The Morgan fingerprint density at radius 1 is 1.41 bits per heavy atom. The van der Waals surface area contributed by atoms with Gasteiger partial charge in [0.25, 0.3) is 0 Å². The van der Waals surface area contributed by atoms with Crippen molar-refractivity contribution in [2.24, 2.45) is 0 Å². The molecule has 2 rings (SSSR count). The fourth-order valence-electron chi connectivity index (χ4n) is 1.80. The molecule has 0 spiro atoms. The maximum Gasteiger partial charge on any atom is 0.0954 e.